The second kappa shape index (κ2) is 7.55. The van der Waals surface area contributed by atoms with Gasteiger partial charge in [0, 0.05) is 30.1 Å². The molecule has 144 valence electrons. The van der Waals surface area contributed by atoms with Gasteiger partial charge in [0.15, 0.2) is 0 Å². The Bertz CT molecular complexity index is 849. The third kappa shape index (κ3) is 4.56. The quantitative estimate of drug-likeness (QED) is 0.774. The van der Waals surface area contributed by atoms with Gasteiger partial charge in [0.2, 0.25) is 5.88 Å². The average molecular weight is 370 g/mol. The minimum Gasteiger partial charge on any atom is -0.481 e. The summed E-state index contributed by atoms with van der Waals surface area (Å²) >= 11 is 0. The Balaban J connectivity index is 1.65. The molecular weight excluding hydrogens is 344 g/mol. The number of hydrogen-bond acceptors (Lipinski definition) is 5. The van der Waals surface area contributed by atoms with Gasteiger partial charge in [-0.1, -0.05) is 0 Å². The van der Waals surface area contributed by atoms with E-state index in [-0.39, 0.29) is 17.8 Å². The van der Waals surface area contributed by atoms with Crippen molar-refractivity contribution in [1.82, 2.24) is 9.88 Å². The van der Waals surface area contributed by atoms with E-state index in [1.807, 2.05) is 39.0 Å². The van der Waals surface area contributed by atoms with E-state index in [0.29, 0.717) is 37.4 Å². The fourth-order valence-corrected chi connectivity index (χ4v) is 3.24. The molecular formula is C21H26N2O4. The fourth-order valence-electron chi connectivity index (χ4n) is 3.24. The number of fused-ring (bicyclic) bond motifs is 1. The van der Waals surface area contributed by atoms with E-state index < -0.39 is 5.60 Å². The Morgan fingerprint density at radius 3 is 2.44 bits per heavy atom. The number of likely N-dealkylation sites (tertiary alicyclic amines) is 1. The Labute approximate surface area is 159 Å². The van der Waals surface area contributed by atoms with Crippen molar-refractivity contribution in [3.63, 3.8) is 0 Å². The van der Waals surface area contributed by atoms with E-state index in [1.165, 1.54) is 0 Å². The lowest BCUT2D eigenvalue weighted by molar-refractivity contribution is -0.161. The van der Waals surface area contributed by atoms with Crippen molar-refractivity contribution in [2.75, 3.05) is 20.2 Å². The number of carbonyl (C=O) groups is 2. The van der Waals surface area contributed by atoms with Crippen LogP contribution in [0.25, 0.3) is 10.9 Å². The monoisotopic (exact) mass is 370 g/mol. The van der Waals surface area contributed by atoms with Crippen LogP contribution in [0.5, 0.6) is 5.88 Å². The van der Waals surface area contributed by atoms with Crippen LogP contribution in [0.2, 0.25) is 0 Å². The Kier molecular flexibility index (Phi) is 5.35. The Morgan fingerprint density at radius 2 is 1.81 bits per heavy atom. The van der Waals surface area contributed by atoms with Crippen LogP contribution in [-0.2, 0) is 9.53 Å². The highest BCUT2D eigenvalue weighted by atomic mass is 16.6. The molecule has 6 heteroatoms. The highest BCUT2D eigenvalue weighted by Crippen LogP contribution is 2.24. The molecule has 0 spiro atoms. The summed E-state index contributed by atoms with van der Waals surface area (Å²) in [5.41, 5.74) is 0.936. The zero-order chi connectivity index (χ0) is 19.6. The third-order valence-electron chi connectivity index (χ3n) is 4.64. The van der Waals surface area contributed by atoms with Crippen molar-refractivity contribution < 1.29 is 19.1 Å². The lowest BCUT2D eigenvalue weighted by Gasteiger charge is -2.32. The lowest BCUT2D eigenvalue weighted by atomic mass is 9.96. The number of piperidine rings is 1. The average Bonchev–Trinajstić information content (AvgIpc) is 2.65. The molecule has 1 aromatic carbocycles. The summed E-state index contributed by atoms with van der Waals surface area (Å²) in [5.74, 6) is 0.225. The van der Waals surface area contributed by atoms with Gasteiger partial charge in [-0.3, -0.25) is 9.59 Å². The number of esters is 1. The maximum absolute atomic E-state index is 12.8. The fraction of sp³-hybridized carbons (Fsp3) is 0.476. The maximum atomic E-state index is 12.8. The maximum Gasteiger partial charge on any atom is 0.309 e. The summed E-state index contributed by atoms with van der Waals surface area (Å²) in [5, 5.41) is 0.894. The molecule has 0 atom stereocenters. The smallest absolute Gasteiger partial charge is 0.309 e. The highest BCUT2D eigenvalue weighted by Gasteiger charge is 2.31. The Morgan fingerprint density at radius 1 is 1.11 bits per heavy atom. The summed E-state index contributed by atoms with van der Waals surface area (Å²) in [6.45, 7) is 6.72. The summed E-state index contributed by atoms with van der Waals surface area (Å²) in [6.07, 6.45) is 1.26. The first-order valence-corrected chi connectivity index (χ1v) is 9.24. The van der Waals surface area contributed by atoms with Gasteiger partial charge in [-0.25, -0.2) is 4.98 Å². The second-order valence-electron chi connectivity index (χ2n) is 7.86. The molecule has 0 saturated carbocycles. The predicted octanol–water partition coefficient (Wildman–Crippen LogP) is 3.44. The van der Waals surface area contributed by atoms with Gasteiger partial charge in [0.25, 0.3) is 5.91 Å². The molecule has 1 saturated heterocycles. The van der Waals surface area contributed by atoms with Gasteiger partial charge in [-0.05, 0) is 57.9 Å². The van der Waals surface area contributed by atoms with Gasteiger partial charge in [0.1, 0.15) is 5.60 Å². The van der Waals surface area contributed by atoms with Crippen molar-refractivity contribution >= 4 is 22.8 Å². The van der Waals surface area contributed by atoms with E-state index >= 15 is 0 Å². The number of rotatable bonds is 3. The molecule has 0 aliphatic carbocycles. The first-order chi connectivity index (χ1) is 12.8. The van der Waals surface area contributed by atoms with Crippen molar-refractivity contribution in [3.8, 4) is 5.88 Å². The summed E-state index contributed by atoms with van der Waals surface area (Å²) < 4.78 is 10.6. The van der Waals surface area contributed by atoms with E-state index in [0.717, 1.165) is 10.9 Å². The van der Waals surface area contributed by atoms with Gasteiger partial charge in [-0.15, -0.1) is 0 Å². The lowest BCUT2D eigenvalue weighted by Crippen LogP contribution is -2.41. The van der Waals surface area contributed by atoms with Gasteiger partial charge in [-0.2, -0.15) is 0 Å². The number of methoxy groups -OCH3 is 1. The van der Waals surface area contributed by atoms with Crippen LogP contribution in [0.15, 0.2) is 30.3 Å². The van der Waals surface area contributed by atoms with E-state index in [4.69, 9.17) is 9.47 Å². The molecule has 1 aromatic heterocycles. The number of amides is 1. The van der Waals surface area contributed by atoms with E-state index in [2.05, 4.69) is 4.98 Å². The zero-order valence-corrected chi connectivity index (χ0v) is 16.3. The van der Waals surface area contributed by atoms with Gasteiger partial charge < -0.3 is 14.4 Å². The van der Waals surface area contributed by atoms with Crippen LogP contribution in [0.4, 0.5) is 0 Å². The topological polar surface area (TPSA) is 68.7 Å². The van der Waals surface area contributed by atoms with E-state index in [1.54, 1.807) is 24.1 Å². The van der Waals surface area contributed by atoms with Gasteiger partial charge in [0.05, 0.1) is 18.5 Å². The standard InChI is InChI=1S/C21H26N2O4/c1-21(2,3)27-20(25)14-9-11-23(12-10-14)19(24)16-5-7-17-15(13-16)6-8-18(22-17)26-4/h5-8,13-14H,9-12H2,1-4H3. The second-order valence-corrected chi connectivity index (χ2v) is 7.86. The molecule has 0 radical (unpaired) electrons. The zero-order valence-electron chi connectivity index (χ0n) is 16.3. The predicted molar refractivity (Wildman–Crippen MR) is 103 cm³/mol. The minimum absolute atomic E-state index is 0.0182. The molecule has 1 aliphatic heterocycles. The molecule has 2 aromatic rings. The number of nitrogens with zero attached hydrogens (tertiary/aromatic N) is 2. The number of benzene rings is 1. The SMILES string of the molecule is COc1ccc2cc(C(=O)N3CCC(C(=O)OC(C)(C)C)CC3)ccc2n1. The van der Waals surface area contributed by atoms with Crippen LogP contribution < -0.4 is 4.74 Å². The molecule has 2 heterocycles. The van der Waals surface area contributed by atoms with Crippen molar-refractivity contribution in [2.45, 2.75) is 39.2 Å². The third-order valence-corrected chi connectivity index (χ3v) is 4.64. The van der Waals surface area contributed by atoms with Crippen molar-refractivity contribution in [1.29, 1.82) is 0 Å². The number of hydrogen-bond donors (Lipinski definition) is 0. The molecule has 0 bridgehead atoms. The molecule has 0 N–H and O–H groups in total. The van der Waals surface area contributed by atoms with Crippen LogP contribution in [0, 0.1) is 5.92 Å². The van der Waals surface area contributed by atoms with Crippen LogP contribution >= 0.6 is 0 Å². The molecule has 3 rings (SSSR count). The largest absolute Gasteiger partial charge is 0.481 e. The molecule has 1 amide bonds. The highest BCUT2D eigenvalue weighted by molar-refractivity contribution is 5.98. The molecule has 6 nitrogen and oxygen atoms in total. The van der Waals surface area contributed by atoms with Crippen molar-refractivity contribution in [3.05, 3.63) is 35.9 Å². The molecule has 0 unspecified atom stereocenters. The van der Waals surface area contributed by atoms with Crippen LogP contribution in [0.1, 0.15) is 44.0 Å². The van der Waals surface area contributed by atoms with Crippen molar-refractivity contribution in [2.24, 2.45) is 5.92 Å². The summed E-state index contributed by atoms with van der Waals surface area (Å²) in [6, 6.07) is 9.15. The van der Waals surface area contributed by atoms with E-state index in [9.17, 15) is 9.59 Å². The Hall–Kier alpha value is -2.63. The van der Waals surface area contributed by atoms with Gasteiger partial charge >= 0.3 is 5.97 Å². The normalized spacial score (nSPS) is 15.6. The first-order valence-electron chi connectivity index (χ1n) is 9.24. The minimum atomic E-state index is -0.480. The summed E-state index contributed by atoms with van der Waals surface area (Å²) in [4.78, 5) is 31.2. The van der Waals surface area contributed by atoms with Crippen LogP contribution in [0.3, 0.4) is 0 Å². The number of pyridine rings is 1. The van der Waals surface area contributed by atoms with Crippen LogP contribution in [-0.4, -0.2) is 47.6 Å². The molecule has 1 fully saturated rings. The first kappa shape index (κ1) is 19.1. The molecule has 1 aliphatic rings. The number of ether oxygens (including phenoxy) is 2. The summed E-state index contributed by atoms with van der Waals surface area (Å²) in [7, 11) is 1.58. The molecule has 27 heavy (non-hydrogen) atoms. The number of aromatic nitrogens is 1. The number of carbonyl (C=O) groups excluding carboxylic acids is 2.